The number of hydrogen-bond donors (Lipinski definition) is 1. The van der Waals surface area contributed by atoms with Crippen LogP contribution in [0.25, 0.3) is 0 Å². The molecule has 0 radical (unpaired) electrons. The molecule has 1 aromatic carbocycles. The smallest absolute Gasteiger partial charge is 0.410 e. The number of rotatable bonds is 3. The van der Waals surface area contributed by atoms with Gasteiger partial charge < -0.3 is 14.7 Å². The molecule has 0 bridgehead atoms. The molecule has 0 atom stereocenters. The standard InChI is InChI=1S/C14H18FNO3/c15-14(11-17)6-8-16(9-7-14)13(18)19-10-12-4-2-1-3-5-12/h1-5,17H,6-11H2. The van der Waals surface area contributed by atoms with Crippen molar-refractivity contribution in [3.05, 3.63) is 35.9 Å². The summed E-state index contributed by atoms with van der Waals surface area (Å²) in [5.74, 6) is 0. The number of likely N-dealkylation sites (tertiary alicyclic amines) is 1. The van der Waals surface area contributed by atoms with Crippen molar-refractivity contribution in [3.8, 4) is 0 Å². The summed E-state index contributed by atoms with van der Waals surface area (Å²) < 4.78 is 18.9. The number of alkyl halides is 1. The minimum Gasteiger partial charge on any atom is -0.445 e. The van der Waals surface area contributed by atoms with Gasteiger partial charge in [-0.25, -0.2) is 9.18 Å². The van der Waals surface area contributed by atoms with Crippen LogP contribution in [0, 0.1) is 0 Å². The van der Waals surface area contributed by atoms with E-state index in [0.29, 0.717) is 0 Å². The first kappa shape index (κ1) is 13.8. The molecule has 19 heavy (non-hydrogen) atoms. The minimum atomic E-state index is -1.55. The van der Waals surface area contributed by atoms with E-state index in [1.165, 1.54) is 4.90 Å². The molecule has 1 aliphatic rings. The van der Waals surface area contributed by atoms with Crippen molar-refractivity contribution in [2.75, 3.05) is 19.7 Å². The third kappa shape index (κ3) is 3.67. The SMILES string of the molecule is O=C(OCc1ccccc1)N1CCC(F)(CO)CC1. The van der Waals surface area contributed by atoms with Crippen LogP contribution in [0.2, 0.25) is 0 Å². The van der Waals surface area contributed by atoms with Gasteiger partial charge in [0, 0.05) is 25.9 Å². The van der Waals surface area contributed by atoms with Crippen LogP contribution in [-0.4, -0.2) is 41.5 Å². The second kappa shape index (κ2) is 6.02. The number of amides is 1. The van der Waals surface area contributed by atoms with Gasteiger partial charge in [0.25, 0.3) is 0 Å². The summed E-state index contributed by atoms with van der Waals surface area (Å²) in [5, 5.41) is 8.92. The lowest BCUT2D eigenvalue weighted by molar-refractivity contribution is 0.00533. The lowest BCUT2D eigenvalue weighted by Gasteiger charge is -2.34. The van der Waals surface area contributed by atoms with Gasteiger partial charge in [-0.1, -0.05) is 30.3 Å². The first-order chi connectivity index (χ1) is 9.13. The van der Waals surface area contributed by atoms with E-state index >= 15 is 0 Å². The van der Waals surface area contributed by atoms with E-state index in [0.717, 1.165) is 5.56 Å². The fraction of sp³-hybridized carbons (Fsp3) is 0.500. The van der Waals surface area contributed by atoms with Gasteiger partial charge in [0.05, 0.1) is 6.61 Å². The minimum absolute atomic E-state index is 0.157. The van der Waals surface area contributed by atoms with E-state index in [1.807, 2.05) is 30.3 Å². The number of aliphatic hydroxyl groups is 1. The van der Waals surface area contributed by atoms with Crippen molar-refractivity contribution in [1.82, 2.24) is 4.90 Å². The Morgan fingerprint density at radius 2 is 1.95 bits per heavy atom. The van der Waals surface area contributed by atoms with Gasteiger partial charge in [-0.2, -0.15) is 0 Å². The van der Waals surface area contributed by atoms with Crippen molar-refractivity contribution in [1.29, 1.82) is 0 Å². The summed E-state index contributed by atoms with van der Waals surface area (Å²) >= 11 is 0. The zero-order valence-electron chi connectivity index (χ0n) is 10.7. The highest BCUT2D eigenvalue weighted by Crippen LogP contribution is 2.26. The summed E-state index contributed by atoms with van der Waals surface area (Å²) in [6, 6.07) is 9.40. The van der Waals surface area contributed by atoms with Crippen molar-refractivity contribution in [2.24, 2.45) is 0 Å². The molecular weight excluding hydrogens is 249 g/mol. The van der Waals surface area contributed by atoms with Crippen molar-refractivity contribution < 1.29 is 19.0 Å². The topological polar surface area (TPSA) is 49.8 Å². The average molecular weight is 267 g/mol. The molecule has 1 aliphatic heterocycles. The number of halogens is 1. The molecule has 2 rings (SSSR count). The maximum Gasteiger partial charge on any atom is 0.410 e. The first-order valence-electron chi connectivity index (χ1n) is 6.38. The predicted molar refractivity (Wildman–Crippen MR) is 68.4 cm³/mol. The molecule has 1 fully saturated rings. The number of aliphatic hydroxyl groups excluding tert-OH is 1. The Morgan fingerprint density at radius 3 is 2.53 bits per heavy atom. The van der Waals surface area contributed by atoms with E-state index in [2.05, 4.69) is 0 Å². The Kier molecular flexibility index (Phi) is 4.37. The van der Waals surface area contributed by atoms with Crippen molar-refractivity contribution in [2.45, 2.75) is 25.1 Å². The molecule has 0 unspecified atom stereocenters. The Morgan fingerprint density at radius 1 is 1.32 bits per heavy atom. The Balaban J connectivity index is 1.79. The van der Waals surface area contributed by atoms with E-state index in [-0.39, 0.29) is 32.5 Å². The summed E-state index contributed by atoms with van der Waals surface area (Å²) in [6.45, 7) is 0.298. The number of nitrogens with zero attached hydrogens (tertiary/aromatic N) is 1. The van der Waals surface area contributed by atoms with Gasteiger partial charge in [-0.05, 0) is 5.56 Å². The molecule has 104 valence electrons. The number of hydrogen-bond acceptors (Lipinski definition) is 3. The van der Waals surface area contributed by atoms with E-state index in [4.69, 9.17) is 9.84 Å². The third-order valence-corrected chi connectivity index (χ3v) is 3.41. The second-order valence-electron chi connectivity index (χ2n) is 4.84. The fourth-order valence-corrected chi connectivity index (χ4v) is 2.06. The van der Waals surface area contributed by atoms with Crippen LogP contribution in [0.3, 0.4) is 0 Å². The molecule has 0 saturated carbocycles. The van der Waals surface area contributed by atoms with Gasteiger partial charge in [0.15, 0.2) is 0 Å². The Labute approximate surface area is 111 Å². The van der Waals surface area contributed by atoms with Crippen LogP contribution in [0.5, 0.6) is 0 Å². The maximum atomic E-state index is 13.8. The van der Waals surface area contributed by atoms with Crippen LogP contribution in [0.4, 0.5) is 9.18 Å². The highest BCUT2D eigenvalue weighted by molar-refractivity contribution is 5.67. The lowest BCUT2D eigenvalue weighted by Crippen LogP contribution is -2.46. The van der Waals surface area contributed by atoms with Crippen LogP contribution in [-0.2, 0) is 11.3 Å². The molecule has 0 spiro atoms. The number of ether oxygens (including phenoxy) is 1. The van der Waals surface area contributed by atoms with Gasteiger partial charge in [0.2, 0.25) is 0 Å². The summed E-state index contributed by atoms with van der Waals surface area (Å²) in [6.07, 6.45) is -0.114. The maximum absolute atomic E-state index is 13.8. The van der Waals surface area contributed by atoms with Crippen molar-refractivity contribution in [3.63, 3.8) is 0 Å². The number of carbonyl (C=O) groups excluding carboxylic acids is 1. The summed E-state index contributed by atoms with van der Waals surface area (Å²) in [5.41, 5.74) is -0.626. The van der Waals surface area contributed by atoms with Crippen LogP contribution in [0.1, 0.15) is 18.4 Å². The van der Waals surface area contributed by atoms with Gasteiger partial charge in [-0.3, -0.25) is 0 Å². The van der Waals surface area contributed by atoms with E-state index in [9.17, 15) is 9.18 Å². The second-order valence-corrected chi connectivity index (χ2v) is 4.84. The van der Waals surface area contributed by atoms with Gasteiger partial charge in [-0.15, -0.1) is 0 Å². The van der Waals surface area contributed by atoms with Crippen LogP contribution >= 0.6 is 0 Å². The zero-order valence-corrected chi connectivity index (χ0v) is 10.7. The van der Waals surface area contributed by atoms with E-state index < -0.39 is 18.4 Å². The molecule has 1 aromatic rings. The van der Waals surface area contributed by atoms with Gasteiger partial charge >= 0.3 is 6.09 Å². The molecule has 0 aromatic heterocycles. The Bertz CT molecular complexity index is 416. The first-order valence-corrected chi connectivity index (χ1v) is 6.38. The molecule has 4 nitrogen and oxygen atoms in total. The highest BCUT2D eigenvalue weighted by Gasteiger charge is 2.35. The van der Waals surface area contributed by atoms with Gasteiger partial charge in [0.1, 0.15) is 12.3 Å². The molecule has 1 N–H and O–H groups in total. The largest absolute Gasteiger partial charge is 0.445 e. The zero-order chi connectivity index (χ0) is 13.7. The lowest BCUT2D eigenvalue weighted by atomic mass is 9.95. The number of carbonyl (C=O) groups is 1. The third-order valence-electron chi connectivity index (χ3n) is 3.41. The molecule has 0 aliphatic carbocycles. The quantitative estimate of drug-likeness (QED) is 0.912. The molecule has 1 amide bonds. The summed E-state index contributed by atoms with van der Waals surface area (Å²) in [4.78, 5) is 13.3. The predicted octanol–water partition coefficient (Wildman–Crippen LogP) is 2.12. The number of benzene rings is 1. The van der Waals surface area contributed by atoms with Crippen LogP contribution in [0.15, 0.2) is 30.3 Å². The normalized spacial score (nSPS) is 18.1. The number of piperidine rings is 1. The van der Waals surface area contributed by atoms with Crippen molar-refractivity contribution >= 4 is 6.09 Å². The fourth-order valence-electron chi connectivity index (χ4n) is 2.06. The molecular formula is C14H18FNO3. The molecule has 5 heteroatoms. The van der Waals surface area contributed by atoms with Crippen LogP contribution < -0.4 is 0 Å². The average Bonchev–Trinajstić information content (AvgIpc) is 2.47. The monoisotopic (exact) mass is 267 g/mol. The highest BCUT2D eigenvalue weighted by atomic mass is 19.1. The van der Waals surface area contributed by atoms with E-state index in [1.54, 1.807) is 0 Å². The molecule has 1 heterocycles. The Hall–Kier alpha value is -1.62. The molecule has 1 saturated heterocycles. The summed E-state index contributed by atoms with van der Waals surface area (Å²) in [7, 11) is 0.